The van der Waals surface area contributed by atoms with Gasteiger partial charge >= 0.3 is 7.32 Å². The molecule has 7 heteroatoms. The van der Waals surface area contributed by atoms with Crippen molar-refractivity contribution in [1.82, 2.24) is 0 Å². The summed E-state index contributed by atoms with van der Waals surface area (Å²) in [5, 5.41) is 0. The maximum atomic E-state index is 5.92. The molecular formula is C9H27BO3Si3. The van der Waals surface area contributed by atoms with E-state index in [1.165, 1.54) is 0 Å². The molecule has 0 bridgehead atoms. The SMILES string of the molecule is C[SiH](C)COB(O[Si](C)(C)C)O[Si](C)(C)C. The van der Waals surface area contributed by atoms with Crippen LogP contribution in [0.1, 0.15) is 0 Å². The van der Waals surface area contributed by atoms with Crippen LogP contribution in [-0.4, -0.2) is 39.0 Å². The molecule has 96 valence electrons. The average Bonchev–Trinajstić information content (AvgIpc) is 1.93. The van der Waals surface area contributed by atoms with E-state index >= 15 is 0 Å². The summed E-state index contributed by atoms with van der Waals surface area (Å²) in [6.45, 7) is 17.5. The molecule has 0 atom stereocenters. The van der Waals surface area contributed by atoms with Gasteiger partial charge in [-0.05, 0) is 39.3 Å². The predicted molar refractivity (Wildman–Crippen MR) is 79.4 cm³/mol. The minimum atomic E-state index is -1.60. The van der Waals surface area contributed by atoms with Gasteiger partial charge in [-0.1, -0.05) is 13.1 Å². The van der Waals surface area contributed by atoms with Crippen LogP contribution in [0.25, 0.3) is 0 Å². The Morgan fingerprint density at radius 1 is 0.875 bits per heavy atom. The van der Waals surface area contributed by atoms with Crippen LogP contribution >= 0.6 is 0 Å². The summed E-state index contributed by atoms with van der Waals surface area (Å²) >= 11 is 0. The zero-order valence-corrected chi connectivity index (χ0v) is 15.2. The van der Waals surface area contributed by atoms with Gasteiger partial charge in [-0.15, -0.1) is 0 Å². The highest BCUT2D eigenvalue weighted by atomic mass is 28.4. The first-order chi connectivity index (χ1) is 6.99. The average molecular weight is 278 g/mol. The Hall–Kier alpha value is 0.596. The van der Waals surface area contributed by atoms with Crippen LogP contribution in [-0.2, 0) is 13.3 Å². The second-order valence-electron chi connectivity index (χ2n) is 6.48. The zero-order valence-electron chi connectivity index (χ0n) is 12.1. The van der Waals surface area contributed by atoms with E-state index in [2.05, 4.69) is 52.4 Å². The molecule has 0 radical (unpaired) electrons. The van der Waals surface area contributed by atoms with Crippen LogP contribution in [0.15, 0.2) is 0 Å². The van der Waals surface area contributed by atoms with Gasteiger partial charge in [-0.2, -0.15) is 0 Å². The van der Waals surface area contributed by atoms with Crippen molar-refractivity contribution in [2.45, 2.75) is 52.4 Å². The Kier molecular flexibility index (Phi) is 6.75. The van der Waals surface area contributed by atoms with Gasteiger partial charge in [0.05, 0.1) is 8.80 Å². The van der Waals surface area contributed by atoms with Crippen molar-refractivity contribution in [3.05, 3.63) is 0 Å². The zero-order chi connectivity index (χ0) is 13.0. The summed E-state index contributed by atoms with van der Waals surface area (Å²) < 4.78 is 17.6. The third kappa shape index (κ3) is 11.1. The molecule has 0 aromatic rings. The maximum Gasteiger partial charge on any atom is 0.617 e. The highest BCUT2D eigenvalue weighted by Crippen LogP contribution is 2.12. The van der Waals surface area contributed by atoms with E-state index in [0.717, 1.165) is 6.23 Å². The fraction of sp³-hybridized carbons (Fsp3) is 1.00. The number of rotatable bonds is 7. The molecule has 0 aromatic carbocycles. The summed E-state index contributed by atoms with van der Waals surface area (Å²) in [6.07, 6.45) is 0.819. The minimum Gasteiger partial charge on any atom is -0.429 e. The molecule has 3 nitrogen and oxygen atoms in total. The quantitative estimate of drug-likeness (QED) is 0.670. The fourth-order valence-corrected chi connectivity index (χ4v) is 2.97. The molecule has 0 aromatic heterocycles. The summed E-state index contributed by atoms with van der Waals surface area (Å²) in [5.74, 6) is 0. The lowest BCUT2D eigenvalue weighted by atomic mass is 10.3. The van der Waals surface area contributed by atoms with Crippen molar-refractivity contribution < 1.29 is 13.3 Å². The summed E-state index contributed by atoms with van der Waals surface area (Å²) in [6, 6.07) is 0. The second kappa shape index (κ2) is 6.51. The first-order valence-corrected chi connectivity index (χ1v) is 15.9. The molecule has 0 spiro atoms. The van der Waals surface area contributed by atoms with E-state index in [0.29, 0.717) is 0 Å². The molecular weight excluding hydrogens is 251 g/mol. The van der Waals surface area contributed by atoms with Crippen molar-refractivity contribution in [3.8, 4) is 0 Å². The third-order valence-electron chi connectivity index (χ3n) is 1.47. The summed E-state index contributed by atoms with van der Waals surface area (Å²) in [7, 11) is -4.36. The molecule has 0 fully saturated rings. The van der Waals surface area contributed by atoms with Crippen LogP contribution in [0.3, 0.4) is 0 Å². The molecule has 0 aliphatic carbocycles. The van der Waals surface area contributed by atoms with E-state index in [9.17, 15) is 0 Å². The van der Waals surface area contributed by atoms with Crippen molar-refractivity contribution in [1.29, 1.82) is 0 Å². The van der Waals surface area contributed by atoms with E-state index in [1.54, 1.807) is 0 Å². The highest BCUT2D eigenvalue weighted by molar-refractivity contribution is 6.79. The first-order valence-electron chi connectivity index (χ1n) is 5.97. The Morgan fingerprint density at radius 2 is 1.25 bits per heavy atom. The Balaban J connectivity index is 4.28. The van der Waals surface area contributed by atoms with Crippen molar-refractivity contribution >= 4 is 32.8 Å². The maximum absolute atomic E-state index is 5.92. The molecule has 0 unspecified atom stereocenters. The Morgan fingerprint density at radius 3 is 1.50 bits per heavy atom. The van der Waals surface area contributed by atoms with Gasteiger partial charge in [0.1, 0.15) is 0 Å². The topological polar surface area (TPSA) is 27.7 Å². The lowest BCUT2D eigenvalue weighted by Gasteiger charge is -2.28. The normalized spacial score (nSPS) is 13.3. The molecule has 0 rings (SSSR count). The van der Waals surface area contributed by atoms with Gasteiger partial charge < -0.3 is 13.3 Å². The molecule has 0 saturated carbocycles. The van der Waals surface area contributed by atoms with Crippen LogP contribution in [0, 0.1) is 0 Å². The van der Waals surface area contributed by atoms with Gasteiger partial charge in [0, 0.05) is 6.23 Å². The lowest BCUT2D eigenvalue weighted by Crippen LogP contribution is -2.45. The van der Waals surface area contributed by atoms with Crippen LogP contribution in [0.5, 0.6) is 0 Å². The predicted octanol–water partition coefficient (Wildman–Crippen LogP) is 2.72. The second-order valence-corrected chi connectivity index (χ2v) is 18.5. The lowest BCUT2D eigenvalue weighted by molar-refractivity contribution is 0.227. The smallest absolute Gasteiger partial charge is 0.429 e. The summed E-state index contributed by atoms with van der Waals surface area (Å²) in [5.41, 5.74) is 0. The third-order valence-corrected chi connectivity index (χ3v) is 4.12. The van der Waals surface area contributed by atoms with Gasteiger partial charge in [0.2, 0.25) is 0 Å². The van der Waals surface area contributed by atoms with Crippen molar-refractivity contribution in [3.63, 3.8) is 0 Å². The van der Waals surface area contributed by atoms with E-state index in [-0.39, 0.29) is 0 Å². The molecule has 0 aliphatic rings. The largest absolute Gasteiger partial charge is 0.617 e. The molecule has 0 heterocycles. The van der Waals surface area contributed by atoms with E-state index in [4.69, 9.17) is 13.3 Å². The van der Waals surface area contributed by atoms with Crippen LogP contribution in [0.2, 0.25) is 52.4 Å². The summed E-state index contributed by atoms with van der Waals surface area (Å²) in [4.78, 5) is 0. The van der Waals surface area contributed by atoms with Crippen LogP contribution in [0.4, 0.5) is 0 Å². The van der Waals surface area contributed by atoms with Gasteiger partial charge in [0.25, 0.3) is 0 Å². The molecule has 0 saturated heterocycles. The van der Waals surface area contributed by atoms with Crippen molar-refractivity contribution in [2.24, 2.45) is 0 Å². The van der Waals surface area contributed by atoms with E-state index < -0.39 is 32.8 Å². The monoisotopic (exact) mass is 278 g/mol. The molecule has 0 aliphatic heterocycles. The fourth-order valence-electron chi connectivity index (χ4n) is 0.940. The van der Waals surface area contributed by atoms with E-state index in [1.807, 2.05) is 0 Å². The Labute approximate surface area is 105 Å². The van der Waals surface area contributed by atoms with Crippen LogP contribution < -0.4 is 0 Å². The number of hydrogen-bond donors (Lipinski definition) is 0. The highest BCUT2D eigenvalue weighted by Gasteiger charge is 2.33. The van der Waals surface area contributed by atoms with Crippen molar-refractivity contribution in [2.75, 3.05) is 6.23 Å². The minimum absolute atomic E-state index is 0.437. The Bertz CT molecular complexity index is 185. The molecule has 16 heavy (non-hydrogen) atoms. The number of hydrogen-bond acceptors (Lipinski definition) is 3. The van der Waals surface area contributed by atoms with Gasteiger partial charge in [-0.25, -0.2) is 0 Å². The first kappa shape index (κ1) is 16.6. The standard InChI is InChI=1S/C9H27BO3Si3/c1-14(2)9-11-10(12-15(3,4)5)13-16(6,7)8/h14H,9H2,1-8H3. The van der Waals surface area contributed by atoms with Gasteiger partial charge in [-0.3, -0.25) is 0 Å². The molecule has 0 N–H and O–H groups in total. The molecule has 0 amide bonds. The van der Waals surface area contributed by atoms with Gasteiger partial charge in [0.15, 0.2) is 16.6 Å².